The van der Waals surface area contributed by atoms with Crippen LogP contribution in [0.25, 0.3) is 0 Å². The number of benzene rings is 3. The zero-order valence-electron chi connectivity index (χ0n) is 21.9. The Bertz CT molecular complexity index is 1160. The number of hydrogen-bond acceptors (Lipinski definition) is 5. The Morgan fingerprint density at radius 1 is 0.629 bits per heavy atom. The van der Waals surface area contributed by atoms with E-state index in [0.29, 0.717) is 5.84 Å². The average Bonchev–Trinajstić information content (AvgIpc) is 3.46. The number of nitrogens with two attached hydrogens (primary N) is 1. The molecule has 0 fully saturated rings. The highest BCUT2D eigenvalue weighted by atomic mass is 32.2. The lowest BCUT2D eigenvalue weighted by molar-refractivity contribution is 1.10. The number of hydrogen-bond donors (Lipinski definition) is 3. The average molecular weight is 487 g/mol. The summed E-state index contributed by atoms with van der Waals surface area (Å²) in [6.07, 6.45) is 2.38. The minimum Gasteiger partial charge on any atom is -0.384 e. The summed E-state index contributed by atoms with van der Waals surface area (Å²) in [5.41, 5.74) is 22.1. The molecule has 0 aliphatic carbocycles. The molecule has 6 rings (SSSR count). The van der Waals surface area contributed by atoms with Gasteiger partial charge in [-0.3, -0.25) is 0 Å². The Morgan fingerprint density at radius 3 is 1.57 bits per heavy atom. The van der Waals surface area contributed by atoms with Crippen molar-refractivity contribution < 1.29 is 0 Å². The molecule has 3 heterocycles. The standard InChI is InChI=1S/C10H12N2S.2C10H13N/c1-6-3-8-5-13-12-10(11)9(8)4-7(6)2;2*1-7-5-9-3-4-11-10(9)6-8(7)2/h3-4H,5H2,1-2H3,(H2,11,12);2*5-6,11H,3-4H2,1-2H3. The fourth-order valence-electron chi connectivity index (χ4n) is 4.61. The quantitative estimate of drug-likeness (QED) is 0.309. The van der Waals surface area contributed by atoms with E-state index in [9.17, 15) is 0 Å². The Labute approximate surface area is 215 Å². The second-order valence-electron chi connectivity index (χ2n) is 9.88. The summed E-state index contributed by atoms with van der Waals surface area (Å²) in [4.78, 5) is 0. The number of anilines is 2. The van der Waals surface area contributed by atoms with Gasteiger partial charge in [0.2, 0.25) is 0 Å². The van der Waals surface area contributed by atoms with Gasteiger partial charge in [-0.05, 0) is 135 Å². The third-order valence-corrected chi connectivity index (χ3v) is 8.00. The largest absolute Gasteiger partial charge is 0.384 e. The van der Waals surface area contributed by atoms with Crippen LogP contribution in [0.1, 0.15) is 55.6 Å². The molecule has 0 saturated heterocycles. The van der Waals surface area contributed by atoms with Crippen LogP contribution in [-0.2, 0) is 18.6 Å². The molecule has 0 amide bonds. The van der Waals surface area contributed by atoms with Crippen LogP contribution in [0, 0.1) is 41.5 Å². The molecule has 0 spiro atoms. The molecule has 5 heteroatoms. The third kappa shape index (κ3) is 5.84. The van der Waals surface area contributed by atoms with E-state index in [1.54, 1.807) is 0 Å². The van der Waals surface area contributed by atoms with Gasteiger partial charge in [-0.25, -0.2) is 0 Å². The second kappa shape index (κ2) is 10.8. The lowest BCUT2D eigenvalue weighted by atomic mass is 10.0. The molecular formula is C30H38N4S. The maximum Gasteiger partial charge on any atom is 0.139 e. The van der Waals surface area contributed by atoms with Crippen LogP contribution in [-0.4, -0.2) is 18.9 Å². The van der Waals surface area contributed by atoms with E-state index in [0.717, 1.165) is 24.4 Å². The van der Waals surface area contributed by atoms with Crippen LogP contribution in [0.3, 0.4) is 0 Å². The van der Waals surface area contributed by atoms with Crippen molar-refractivity contribution in [2.75, 3.05) is 23.7 Å². The maximum absolute atomic E-state index is 5.79. The van der Waals surface area contributed by atoms with Crippen molar-refractivity contribution >= 4 is 29.2 Å². The van der Waals surface area contributed by atoms with E-state index in [4.69, 9.17) is 5.73 Å². The van der Waals surface area contributed by atoms with Crippen molar-refractivity contribution in [3.8, 4) is 0 Å². The van der Waals surface area contributed by atoms with Crippen molar-refractivity contribution in [2.24, 2.45) is 10.1 Å². The first-order valence-corrected chi connectivity index (χ1v) is 13.4. The predicted molar refractivity (Wildman–Crippen MR) is 154 cm³/mol. The van der Waals surface area contributed by atoms with Crippen LogP contribution in [0.2, 0.25) is 0 Å². The first-order valence-electron chi connectivity index (χ1n) is 12.5. The van der Waals surface area contributed by atoms with Crippen molar-refractivity contribution in [3.05, 3.63) is 92.0 Å². The summed E-state index contributed by atoms with van der Waals surface area (Å²) in [7, 11) is 0. The summed E-state index contributed by atoms with van der Waals surface area (Å²) >= 11 is 1.52. The fourth-order valence-corrected chi connectivity index (χ4v) is 5.29. The van der Waals surface area contributed by atoms with Crippen molar-refractivity contribution in [2.45, 2.75) is 60.1 Å². The first kappa shape index (κ1) is 25.2. The smallest absolute Gasteiger partial charge is 0.139 e. The van der Waals surface area contributed by atoms with Crippen LogP contribution in [0.5, 0.6) is 0 Å². The lowest BCUT2D eigenvalue weighted by Gasteiger charge is -2.15. The number of nitrogens with zero attached hydrogens (tertiary/aromatic N) is 1. The van der Waals surface area contributed by atoms with Gasteiger partial charge in [-0.15, -0.1) is 0 Å². The highest BCUT2D eigenvalue weighted by Crippen LogP contribution is 2.27. The van der Waals surface area contributed by atoms with Crippen molar-refractivity contribution in [1.82, 2.24) is 0 Å². The fraction of sp³-hybridized carbons (Fsp3) is 0.367. The number of fused-ring (bicyclic) bond motifs is 3. The molecule has 184 valence electrons. The predicted octanol–water partition coefficient (Wildman–Crippen LogP) is 6.71. The first-order chi connectivity index (χ1) is 16.7. The van der Waals surface area contributed by atoms with Gasteiger partial charge in [-0.2, -0.15) is 4.40 Å². The molecule has 0 atom stereocenters. The monoisotopic (exact) mass is 486 g/mol. The minimum absolute atomic E-state index is 0.661. The van der Waals surface area contributed by atoms with E-state index in [2.05, 4.69) is 93.0 Å². The Balaban J connectivity index is 0.000000124. The van der Waals surface area contributed by atoms with Gasteiger partial charge in [0.15, 0.2) is 0 Å². The van der Waals surface area contributed by atoms with Crippen LogP contribution in [0.4, 0.5) is 11.4 Å². The minimum atomic E-state index is 0.661. The van der Waals surface area contributed by atoms with Crippen LogP contribution < -0.4 is 16.4 Å². The summed E-state index contributed by atoms with van der Waals surface area (Å²) in [5.74, 6) is 1.60. The zero-order chi connectivity index (χ0) is 25.1. The van der Waals surface area contributed by atoms with E-state index in [1.165, 1.54) is 86.2 Å². The van der Waals surface area contributed by atoms with Gasteiger partial charge < -0.3 is 16.4 Å². The molecule has 0 radical (unpaired) electrons. The van der Waals surface area contributed by atoms with E-state index < -0.39 is 0 Å². The summed E-state index contributed by atoms with van der Waals surface area (Å²) in [6.45, 7) is 15.1. The summed E-state index contributed by atoms with van der Waals surface area (Å²) < 4.78 is 4.15. The molecule has 0 bridgehead atoms. The van der Waals surface area contributed by atoms with Crippen LogP contribution >= 0.6 is 11.9 Å². The molecule has 35 heavy (non-hydrogen) atoms. The molecule has 3 aromatic rings. The van der Waals surface area contributed by atoms with Crippen molar-refractivity contribution in [3.63, 3.8) is 0 Å². The van der Waals surface area contributed by atoms with E-state index >= 15 is 0 Å². The Morgan fingerprint density at radius 2 is 1.06 bits per heavy atom. The molecule has 3 aromatic carbocycles. The molecule has 0 saturated carbocycles. The molecule has 4 nitrogen and oxygen atoms in total. The van der Waals surface area contributed by atoms with Gasteiger partial charge in [0.05, 0.1) is 0 Å². The second-order valence-corrected chi connectivity index (χ2v) is 10.6. The van der Waals surface area contributed by atoms with Gasteiger partial charge in [-0.1, -0.05) is 18.2 Å². The molecular weight excluding hydrogens is 448 g/mol. The van der Waals surface area contributed by atoms with Gasteiger partial charge in [0.1, 0.15) is 5.84 Å². The molecule has 0 unspecified atom stereocenters. The zero-order valence-corrected chi connectivity index (χ0v) is 22.7. The van der Waals surface area contributed by atoms with Crippen LogP contribution in [0.15, 0.2) is 40.8 Å². The number of rotatable bonds is 0. The maximum atomic E-state index is 5.79. The molecule has 0 aromatic heterocycles. The Hall–Kier alpha value is -2.92. The SMILES string of the molecule is Cc1cc2c(cc1C)C(N)=NSC2.Cc1cc2c(cc1C)NCC2.Cc1cc2c(cc1C)NCC2. The Kier molecular flexibility index (Phi) is 7.75. The van der Waals surface area contributed by atoms with Crippen molar-refractivity contribution in [1.29, 1.82) is 0 Å². The number of nitrogens with one attached hydrogen (secondary N) is 2. The normalized spacial score (nSPS) is 14.6. The summed E-state index contributed by atoms with van der Waals surface area (Å²) in [6, 6.07) is 13.4. The van der Waals surface area contributed by atoms with E-state index in [-0.39, 0.29) is 0 Å². The van der Waals surface area contributed by atoms with Gasteiger partial charge >= 0.3 is 0 Å². The van der Waals surface area contributed by atoms with Gasteiger partial charge in [0.25, 0.3) is 0 Å². The third-order valence-electron chi connectivity index (χ3n) is 7.24. The molecule has 3 aliphatic rings. The molecule has 3 aliphatic heterocycles. The highest BCUT2D eigenvalue weighted by molar-refractivity contribution is 7.97. The van der Waals surface area contributed by atoms with E-state index in [1.807, 2.05) is 0 Å². The summed E-state index contributed by atoms with van der Waals surface area (Å²) in [5, 5.41) is 6.74. The highest BCUT2D eigenvalue weighted by Gasteiger charge is 2.13. The molecule has 4 N–H and O–H groups in total. The van der Waals surface area contributed by atoms with Gasteiger partial charge in [0, 0.05) is 35.8 Å². The number of amidine groups is 1. The lowest BCUT2D eigenvalue weighted by Crippen LogP contribution is -2.17. The number of aryl methyl sites for hydroxylation is 6. The topological polar surface area (TPSA) is 62.4 Å².